The van der Waals surface area contributed by atoms with E-state index in [0.717, 1.165) is 26.2 Å². The minimum atomic E-state index is -0.0491. The van der Waals surface area contributed by atoms with Gasteiger partial charge in [0.1, 0.15) is 0 Å². The molecule has 2 heterocycles. The first-order valence-electron chi connectivity index (χ1n) is 7.93. The number of hydrogen-bond donors (Lipinski definition) is 2. The first-order chi connectivity index (χ1) is 11.3. The highest BCUT2D eigenvalue weighted by molar-refractivity contribution is 5.93. The van der Waals surface area contributed by atoms with Gasteiger partial charge in [-0.1, -0.05) is 18.2 Å². The van der Waals surface area contributed by atoms with Gasteiger partial charge in [-0.05, 0) is 29.3 Å². The Morgan fingerprint density at radius 3 is 2.79 bits per heavy atom. The lowest BCUT2D eigenvalue weighted by Crippen LogP contribution is -2.45. The lowest BCUT2D eigenvalue weighted by atomic mass is 10.0. The zero-order chi connectivity index (χ0) is 16.1. The van der Waals surface area contributed by atoms with Crippen LogP contribution in [0.1, 0.15) is 27.5 Å². The van der Waals surface area contributed by atoms with E-state index in [9.17, 15) is 4.79 Å². The van der Waals surface area contributed by atoms with Crippen LogP contribution in [0.15, 0.2) is 48.8 Å². The molecule has 2 aromatic rings. The summed E-state index contributed by atoms with van der Waals surface area (Å²) in [6, 6.07) is 12.3. The normalized spacial score (nSPS) is 17.8. The monoisotopic (exact) mass is 346 g/mol. The van der Waals surface area contributed by atoms with Gasteiger partial charge in [0.15, 0.2) is 0 Å². The number of halogens is 1. The number of carbonyl (C=O) groups excluding carboxylic acids is 1. The van der Waals surface area contributed by atoms with Crippen molar-refractivity contribution in [3.05, 3.63) is 65.5 Å². The number of rotatable bonds is 4. The number of aromatic nitrogens is 1. The Morgan fingerprint density at radius 1 is 1.33 bits per heavy atom. The van der Waals surface area contributed by atoms with Crippen molar-refractivity contribution in [3.63, 3.8) is 0 Å². The molecule has 0 saturated carbocycles. The second-order valence-electron chi connectivity index (χ2n) is 5.75. The van der Waals surface area contributed by atoms with Gasteiger partial charge in [0.2, 0.25) is 0 Å². The summed E-state index contributed by atoms with van der Waals surface area (Å²) in [5.74, 6) is -0.0491. The third kappa shape index (κ3) is 4.32. The molecule has 1 aliphatic rings. The van der Waals surface area contributed by atoms with E-state index in [1.54, 1.807) is 7.05 Å². The Kier molecular flexibility index (Phi) is 6.73. The second-order valence-corrected chi connectivity index (χ2v) is 5.75. The van der Waals surface area contributed by atoms with Crippen LogP contribution in [0.5, 0.6) is 0 Å². The second kappa shape index (κ2) is 8.78. The van der Waals surface area contributed by atoms with Crippen LogP contribution >= 0.6 is 12.4 Å². The summed E-state index contributed by atoms with van der Waals surface area (Å²) in [5, 5.41) is 6.10. The van der Waals surface area contributed by atoms with Crippen molar-refractivity contribution < 1.29 is 4.79 Å². The zero-order valence-corrected chi connectivity index (χ0v) is 14.6. The zero-order valence-electron chi connectivity index (χ0n) is 13.7. The number of carbonyl (C=O) groups is 1. The molecule has 6 heteroatoms. The molecule has 1 atom stereocenters. The largest absolute Gasteiger partial charge is 0.355 e. The van der Waals surface area contributed by atoms with Crippen molar-refractivity contribution in [1.29, 1.82) is 0 Å². The van der Waals surface area contributed by atoms with Crippen LogP contribution in [-0.4, -0.2) is 42.5 Å². The number of amides is 1. The number of nitrogens with one attached hydrogen (secondary N) is 2. The fraction of sp³-hybridized carbons (Fsp3) is 0.333. The maximum atomic E-state index is 11.6. The van der Waals surface area contributed by atoms with Crippen LogP contribution < -0.4 is 10.6 Å². The molecule has 0 radical (unpaired) electrons. The van der Waals surface area contributed by atoms with Gasteiger partial charge in [0, 0.05) is 57.2 Å². The molecule has 0 aliphatic carbocycles. The highest BCUT2D eigenvalue weighted by Crippen LogP contribution is 2.23. The van der Waals surface area contributed by atoms with E-state index in [1.807, 2.05) is 42.7 Å². The smallest absolute Gasteiger partial charge is 0.251 e. The maximum Gasteiger partial charge on any atom is 0.251 e. The minimum absolute atomic E-state index is 0. The van der Waals surface area contributed by atoms with Gasteiger partial charge in [0.25, 0.3) is 5.91 Å². The molecule has 24 heavy (non-hydrogen) atoms. The molecule has 1 saturated heterocycles. The molecule has 1 aliphatic heterocycles. The van der Waals surface area contributed by atoms with Crippen molar-refractivity contribution in [2.24, 2.45) is 0 Å². The van der Waals surface area contributed by atoms with Gasteiger partial charge >= 0.3 is 0 Å². The summed E-state index contributed by atoms with van der Waals surface area (Å²) in [5.41, 5.74) is 3.15. The van der Waals surface area contributed by atoms with Crippen LogP contribution in [0.2, 0.25) is 0 Å². The van der Waals surface area contributed by atoms with E-state index in [4.69, 9.17) is 0 Å². The van der Waals surface area contributed by atoms with Gasteiger partial charge in [0.05, 0.1) is 0 Å². The molecule has 2 N–H and O–H groups in total. The summed E-state index contributed by atoms with van der Waals surface area (Å²) in [6.07, 6.45) is 3.75. The molecule has 1 amide bonds. The molecule has 1 fully saturated rings. The van der Waals surface area contributed by atoms with Gasteiger partial charge in [-0.25, -0.2) is 0 Å². The molecule has 1 aromatic carbocycles. The summed E-state index contributed by atoms with van der Waals surface area (Å²) < 4.78 is 0. The molecule has 0 bridgehead atoms. The van der Waals surface area contributed by atoms with Crippen LogP contribution in [0.3, 0.4) is 0 Å². The Morgan fingerprint density at radius 2 is 2.12 bits per heavy atom. The first-order valence-corrected chi connectivity index (χ1v) is 7.93. The number of hydrogen-bond acceptors (Lipinski definition) is 4. The first kappa shape index (κ1) is 18.4. The average molecular weight is 347 g/mol. The van der Waals surface area contributed by atoms with Gasteiger partial charge < -0.3 is 10.6 Å². The van der Waals surface area contributed by atoms with E-state index in [-0.39, 0.29) is 18.3 Å². The van der Waals surface area contributed by atoms with Crippen molar-refractivity contribution in [1.82, 2.24) is 20.5 Å². The van der Waals surface area contributed by atoms with Crippen molar-refractivity contribution in [2.45, 2.75) is 12.6 Å². The third-order valence-electron chi connectivity index (χ3n) is 4.25. The van der Waals surface area contributed by atoms with Gasteiger partial charge in [-0.3, -0.25) is 14.7 Å². The van der Waals surface area contributed by atoms with Gasteiger partial charge in [-0.15, -0.1) is 12.4 Å². The average Bonchev–Trinajstić information content (AvgIpc) is 2.63. The van der Waals surface area contributed by atoms with E-state index >= 15 is 0 Å². The summed E-state index contributed by atoms with van der Waals surface area (Å²) in [6.45, 7) is 3.79. The van der Waals surface area contributed by atoms with E-state index in [0.29, 0.717) is 11.6 Å². The number of benzene rings is 1. The number of nitrogens with zero attached hydrogens (tertiary/aromatic N) is 2. The molecule has 5 nitrogen and oxygen atoms in total. The molecule has 1 aromatic heterocycles. The Bertz CT molecular complexity index is 648. The molecule has 3 rings (SSSR count). The third-order valence-corrected chi connectivity index (χ3v) is 4.25. The summed E-state index contributed by atoms with van der Waals surface area (Å²) in [7, 11) is 1.65. The molecular formula is C18H23ClN4O. The lowest BCUT2D eigenvalue weighted by Gasteiger charge is -2.36. The molecule has 1 unspecified atom stereocenters. The van der Waals surface area contributed by atoms with Crippen molar-refractivity contribution in [2.75, 3.05) is 26.7 Å². The number of pyridine rings is 1. The van der Waals surface area contributed by atoms with Gasteiger partial charge in [-0.2, -0.15) is 0 Å². The minimum Gasteiger partial charge on any atom is -0.355 e. The lowest BCUT2D eigenvalue weighted by molar-refractivity contribution is 0.0963. The highest BCUT2D eigenvalue weighted by Gasteiger charge is 2.23. The van der Waals surface area contributed by atoms with Crippen LogP contribution in [0.25, 0.3) is 0 Å². The Balaban J connectivity index is 0.00000208. The topological polar surface area (TPSA) is 57.3 Å². The summed E-state index contributed by atoms with van der Waals surface area (Å²) in [4.78, 5) is 18.3. The van der Waals surface area contributed by atoms with Crippen LogP contribution in [0.4, 0.5) is 0 Å². The predicted molar refractivity (Wildman–Crippen MR) is 97.3 cm³/mol. The Labute approximate surface area is 148 Å². The maximum absolute atomic E-state index is 11.6. The number of piperazine rings is 1. The van der Waals surface area contributed by atoms with E-state index < -0.39 is 0 Å². The predicted octanol–water partition coefficient (Wildman–Crippen LogP) is 2.01. The fourth-order valence-corrected chi connectivity index (χ4v) is 2.98. The fourth-order valence-electron chi connectivity index (χ4n) is 2.98. The quantitative estimate of drug-likeness (QED) is 0.889. The SMILES string of the molecule is CNC(=O)c1ccc(CN2CCNCC2c2cccnc2)cc1.Cl. The van der Waals surface area contributed by atoms with Crippen molar-refractivity contribution >= 4 is 18.3 Å². The van der Waals surface area contributed by atoms with Crippen molar-refractivity contribution in [3.8, 4) is 0 Å². The molecule has 128 valence electrons. The summed E-state index contributed by atoms with van der Waals surface area (Å²) >= 11 is 0. The van der Waals surface area contributed by atoms with Crippen LogP contribution in [-0.2, 0) is 6.54 Å². The highest BCUT2D eigenvalue weighted by atomic mass is 35.5. The Hall–Kier alpha value is -1.95. The molecular weight excluding hydrogens is 324 g/mol. The molecule has 0 spiro atoms. The standard InChI is InChI=1S/C18H22N4O.ClH/c1-19-18(23)15-6-4-14(5-7-15)13-22-10-9-21-12-17(22)16-3-2-8-20-11-16;/h2-8,11,17,21H,9-10,12-13H2,1H3,(H,19,23);1H. The van der Waals surface area contributed by atoms with E-state index in [1.165, 1.54) is 11.1 Å². The van der Waals surface area contributed by atoms with Crippen LogP contribution in [0, 0.1) is 0 Å². The van der Waals surface area contributed by atoms with E-state index in [2.05, 4.69) is 26.6 Å².